The van der Waals surface area contributed by atoms with E-state index in [1.807, 2.05) is 23.1 Å². The average molecular weight is 344 g/mol. The van der Waals surface area contributed by atoms with Gasteiger partial charge < -0.3 is 0 Å². The third-order valence-electron chi connectivity index (χ3n) is 3.81. The Kier molecular flexibility index (Phi) is 3.27. The van der Waals surface area contributed by atoms with Crippen molar-refractivity contribution in [2.24, 2.45) is 0 Å². The number of hydrogen-bond donors (Lipinski definition) is 0. The number of sulfone groups is 1. The molecule has 1 atom stereocenters. The van der Waals surface area contributed by atoms with Crippen LogP contribution in [0.1, 0.15) is 17.2 Å². The Balaban J connectivity index is 1.89. The zero-order chi connectivity index (χ0) is 13.6. The van der Waals surface area contributed by atoms with Gasteiger partial charge in [-0.25, -0.2) is 8.42 Å². The normalized spacial score (nSPS) is 26.4. The summed E-state index contributed by atoms with van der Waals surface area (Å²) in [6.45, 7) is 0.905. The molecule has 0 saturated carbocycles. The standard InChI is InChI=1S/C13H14BrNO3S/c14-10-1-2-11-9(7-10)8-12(16)13(11)15-3-5-19(17,18)6-4-15/h1-2,7,13H,3-6,8H2. The molecule has 0 aromatic heterocycles. The van der Waals surface area contributed by atoms with Crippen LogP contribution in [0.3, 0.4) is 0 Å². The van der Waals surface area contributed by atoms with Gasteiger partial charge in [-0.3, -0.25) is 9.69 Å². The van der Waals surface area contributed by atoms with Crippen LogP contribution >= 0.6 is 15.9 Å². The lowest BCUT2D eigenvalue weighted by atomic mass is 10.1. The predicted octanol–water partition coefficient (Wildman–Crippen LogP) is 1.35. The molecule has 6 heteroatoms. The Hall–Kier alpha value is -0.720. The fraction of sp³-hybridized carbons (Fsp3) is 0.462. The number of Topliss-reactive ketones (excluding diaryl/α,β-unsaturated/α-hetero) is 1. The third kappa shape index (κ3) is 2.49. The van der Waals surface area contributed by atoms with Crippen LogP contribution in [0.2, 0.25) is 0 Å². The molecule has 2 aliphatic rings. The van der Waals surface area contributed by atoms with E-state index in [4.69, 9.17) is 0 Å². The third-order valence-corrected chi connectivity index (χ3v) is 5.92. The van der Waals surface area contributed by atoms with Crippen molar-refractivity contribution in [1.82, 2.24) is 4.90 Å². The van der Waals surface area contributed by atoms with Crippen molar-refractivity contribution >= 4 is 31.6 Å². The van der Waals surface area contributed by atoms with Crippen LogP contribution < -0.4 is 0 Å². The molecule has 4 nitrogen and oxygen atoms in total. The Morgan fingerprint density at radius 2 is 1.89 bits per heavy atom. The summed E-state index contributed by atoms with van der Waals surface area (Å²) in [6, 6.07) is 5.63. The number of benzene rings is 1. The second kappa shape index (κ2) is 4.68. The topological polar surface area (TPSA) is 54.5 Å². The van der Waals surface area contributed by atoms with E-state index in [0.717, 1.165) is 15.6 Å². The van der Waals surface area contributed by atoms with Gasteiger partial charge in [-0.2, -0.15) is 0 Å². The molecule has 1 fully saturated rings. The number of nitrogens with zero attached hydrogens (tertiary/aromatic N) is 1. The molecule has 0 radical (unpaired) electrons. The number of halogens is 1. The summed E-state index contributed by atoms with van der Waals surface area (Å²) >= 11 is 3.41. The second-order valence-corrected chi connectivity index (χ2v) is 8.30. The quantitative estimate of drug-likeness (QED) is 0.772. The fourth-order valence-corrected chi connectivity index (χ4v) is 4.48. The number of carbonyl (C=O) groups is 1. The average Bonchev–Trinajstić information content (AvgIpc) is 2.65. The molecule has 0 N–H and O–H groups in total. The Morgan fingerprint density at radius 1 is 1.21 bits per heavy atom. The van der Waals surface area contributed by atoms with Crippen molar-refractivity contribution in [1.29, 1.82) is 0 Å². The second-order valence-electron chi connectivity index (χ2n) is 5.08. The van der Waals surface area contributed by atoms with E-state index in [1.54, 1.807) is 0 Å². The molecule has 1 saturated heterocycles. The van der Waals surface area contributed by atoms with Crippen LogP contribution in [0.4, 0.5) is 0 Å². The van der Waals surface area contributed by atoms with E-state index in [-0.39, 0.29) is 23.3 Å². The Bertz CT molecular complexity index is 627. The highest BCUT2D eigenvalue weighted by atomic mass is 79.9. The van der Waals surface area contributed by atoms with E-state index in [2.05, 4.69) is 15.9 Å². The van der Waals surface area contributed by atoms with Crippen LogP contribution in [0.25, 0.3) is 0 Å². The summed E-state index contributed by atoms with van der Waals surface area (Å²) in [6.07, 6.45) is 0.447. The van der Waals surface area contributed by atoms with E-state index in [0.29, 0.717) is 19.5 Å². The Labute approximate surface area is 120 Å². The van der Waals surface area contributed by atoms with Crippen LogP contribution in [0.15, 0.2) is 22.7 Å². The number of fused-ring (bicyclic) bond motifs is 1. The highest BCUT2D eigenvalue weighted by molar-refractivity contribution is 9.10. The van der Waals surface area contributed by atoms with Crippen LogP contribution in [0, 0.1) is 0 Å². The molecular formula is C13H14BrNO3S. The summed E-state index contributed by atoms with van der Waals surface area (Å²) < 4.78 is 23.9. The summed E-state index contributed by atoms with van der Waals surface area (Å²) in [4.78, 5) is 14.2. The van der Waals surface area contributed by atoms with Crippen molar-refractivity contribution in [3.63, 3.8) is 0 Å². The van der Waals surface area contributed by atoms with E-state index < -0.39 is 9.84 Å². The number of hydrogen-bond acceptors (Lipinski definition) is 4. The summed E-state index contributed by atoms with van der Waals surface area (Å²) in [5, 5.41) is 0. The van der Waals surface area contributed by atoms with Crippen molar-refractivity contribution in [3.8, 4) is 0 Å². The molecule has 1 aromatic carbocycles. The minimum atomic E-state index is -2.91. The van der Waals surface area contributed by atoms with E-state index in [1.165, 1.54) is 0 Å². The van der Waals surface area contributed by atoms with Gasteiger partial charge in [0.15, 0.2) is 15.6 Å². The number of carbonyl (C=O) groups excluding carboxylic acids is 1. The molecule has 3 rings (SSSR count). The first-order valence-electron chi connectivity index (χ1n) is 6.22. The lowest BCUT2D eigenvalue weighted by Crippen LogP contribution is -2.43. The number of rotatable bonds is 1. The van der Waals surface area contributed by atoms with Gasteiger partial charge in [0.05, 0.1) is 17.5 Å². The van der Waals surface area contributed by atoms with E-state index in [9.17, 15) is 13.2 Å². The SMILES string of the molecule is O=C1Cc2cc(Br)ccc2C1N1CCS(=O)(=O)CC1. The largest absolute Gasteiger partial charge is 0.297 e. The lowest BCUT2D eigenvalue weighted by molar-refractivity contribution is -0.122. The summed E-state index contributed by atoms with van der Waals surface area (Å²) in [5.74, 6) is 0.484. The molecule has 1 aromatic rings. The maximum absolute atomic E-state index is 12.2. The summed E-state index contributed by atoms with van der Waals surface area (Å²) in [7, 11) is -2.91. The first-order valence-corrected chi connectivity index (χ1v) is 8.83. The first-order chi connectivity index (χ1) is 8.96. The van der Waals surface area contributed by atoms with Crippen LogP contribution in [0.5, 0.6) is 0 Å². The summed E-state index contributed by atoms with van der Waals surface area (Å²) in [5.41, 5.74) is 2.09. The van der Waals surface area contributed by atoms with Gasteiger partial charge in [-0.05, 0) is 23.3 Å². The Morgan fingerprint density at radius 3 is 2.58 bits per heavy atom. The van der Waals surface area contributed by atoms with Crippen molar-refractivity contribution < 1.29 is 13.2 Å². The minimum absolute atomic E-state index is 0.155. The lowest BCUT2D eigenvalue weighted by Gasteiger charge is -2.31. The van der Waals surface area contributed by atoms with E-state index >= 15 is 0 Å². The van der Waals surface area contributed by atoms with Crippen LogP contribution in [-0.2, 0) is 21.1 Å². The van der Waals surface area contributed by atoms with Crippen LogP contribution in [-0.4, -0.2) is 43.7 Å². The monoisotopic (exact) mass is 343 g/mol. The molecule has 1 aliphatic heterocycles. The molecule has 1 unspecified atom stereocenters. The zero-order valence-electron chi connectivity index (χ0n) is 10.3. The zero-order valence-corrected chi connectivity index (χ0v) is 12.7. The number of ketones is 1. The maximum atomic E-state index is 12.2. The van der Waals surface area contributed by atoms with Crippen molar-refractivity contribution in [2.75, 3.05) is 24.6 Å². The van der Waals surface area contributed by atoms with Gasteiger partial charge in [0.2, 0.25) is 0 Å². The molecule has 102 valence electrons. The molecule has 1 aliphatic carbocycles. The van der Waals surface area contributed by atoms with Gasteiger partial charge in [0.25, 0.3) is 0 Å². The van der Waals surface area contributed by atoms with Crippen molar-refractivity contribution in [3.05, 3.63) is 33.8 Å². The van der Waals surface area contributed by atoms with Crippen molar-refractivity contribution in [2.45, 2.75) is 12.5 Å². The maximum Gasteiger partial charge on any atom is 0.158 e. The van der Waals surface area contributed by atoms with Gasteiger partial charge in [0.1, 0.15) is 0 Å². The van der Waals surface area contributed by atoms with Gasteiger partial charge in [-0.1, -0.05) is 22.0 Å². The highest BCUT2D eigenvalue weighted by Gasteiger charge is 2.37. The highest BCUT2D eigenvalue weighted by Crippen LogP contribution is 2.35. The molecule has 0 spiro atoms. The fourth-order valence-electron chi connectivity index (χ4n) is 2.84. The molecule has 0 bridgehead atoms. The molecule has 19 heavy (non-hydrogen) atoms. The minimum Gasteiger partial charge on any atom is -0.297 e. The molecule has 0 amide bonds. The molecular weight excluding hydrogens is 330 g/mol. The first kappa shape index (κ1) is 13.3. The van der Waals surface area contributed by atoms with Gasteiger partial charge >= 0.3 is 0 Å². The van der Waals surface area contributed by atoms with Gasteiger partial charge in [0, 0.05) is 24.0 Å². The van der Waals surface area contributed by atoms with Gasteiger partial charge in [-0.15, -0.1) is 0 Å². The smallest absolute Gasteiger partial charge is 0.158 e. The molecule has 1 heterocycles. The predicted molar refractivity (Wildman–Crippen MR) is 75.8 cm³/mol.